The number of piperidine rings is 1. The number of benzene rings is 1. The largest absolute Gasteiger partial charge is 0.486 e. The number of likely N-dealkylation sites (tertiary alicyclic amines) is 1. The van der Waals surface area contributed by atoms with E-state index in [0.717, 1.165) is 24.1 Å². The normalized spacial score (nSPS) is 17.6. The highest BCUT2D eigenvalue weighted by molar-refractivity contribution is 5.96. The van der Waals surface area contributed by atoms with Gasteiger partial charge >= 0.3 is 0 Å². The summed E-state index contributed by atoms with van der Waals surface area (Å²) >= 11 is 0. The van der Waals surface area contributed by atoms with Gasteiger partial charge in [0.05, 0.1) is 11.6 Å². The molecule has 2 aromatic heterocycles. The quantitative estimate of drug-likeness (QED) is 0.655. The van der Waals surface area contributed by atoms with Crippen molar-refractivity contribution in [3.05, 3.63) is 54.5 Å². The molecule has 5 rings (SSSR count). The number of amides is 2. The van der Waals surface area contributed by atoms with Gasteiger partial charge in [0.1, 0.15) is 13.2 Å². The second-order valence-electron chi connectivity index (χ2n) is 7.84. The summed E-state index contributed by atoms with van der Waals surface area (Å²) in [5.41, 5.74) is 2.64. The SMILES string of the molecule is O=C(Nc1ccc2c(c1)OCCO2)C1CCCN(C(=O)c2cc(-c3ccncc3)[nH]n2)C1. The molecule has 32 heavy (non-hydrogen) atoms. The van der Waals surface area contributed by atoms with E-state index in [1.165, 1.54) is 0 Å². The molecular formula is C23H23N5O4. The number of rotatable bonds is 4. The third-order valence-corrected chi connectivity index (χ3v) is 5.68. The Bertz CT molecular complexity index is 1130. The number of nitrogens with zero attached hydrogens (tertiary/aromatic N) is 3. The average molecular weight is 433 g/mol. The van der Waals surface area contributed by atoms with Crippen LogP contribution in [-0.4, -0.2) is 58.2 Å². The van der Waals surface area contributed by atoms with E-state index in [9.17, 15) is 9.59 Å². The van der Waals surface area contributed by atoms with E-state index >= 15 is 0 Å². The van der Waals surface area contributed by atoms with Gasteiger partial charge in [-0.3, -0.25) is 19.7 Å². The van der Waals surface area contributed by atoms with Gasteiger partial charge in [0.25, 0.3) is 5.91 Å². The number of nitrogens with one attached hydrogen (secondary N) is 2. The Kier molecular flexibility index (Phi) is 5.45. The zero-order chi connectivity index (χ0) is 21.9. The van der Waals surface area contributed by atoms with Crippen molar-refractivity contribution < 1.29 is 19.1 Å². The average Bonchev–Trinajstić information content (AvgIpc) is 3.34. The lowest BCUT2D eigenvalue weighted by Crippen LogP contribution is -2.43. The van der Waals surface area contributed by atoms with Gasteiger partial charge < -0.3 is 19.7 Å². The van der Waals surface area contributed by atoms with E-state index in [-0.39, 0.29) is 17.7 Å². The number of fused-ring (bicyclic) bond motifs is 1. The van der Waals surface area contributed by atoms with Crippen LogP contribution < -0.4 is 14.8 Å². The number of carbonyl (C=O) groups excluding carboxylic acids is 2. The maximum Gasteiger partial charge on any atom is 0.274 e. The molecule has 1 saturated heterocycles. The number of H-pyrrole nitrogens is 1. The van der Waals surface area contributed by atoms with E-state index in [0.29, 0.717) is 49.2 Å². The summed E-state index contributed by atoms with van der Waals surface area (Å²) in [5.74, 6) is 0.712. The number of hydrogen-bond acceptors (Lipinski definition) is 6. The summed E-state index contributed by atoms with van der Waals surface area (Å²) in [6.07, 6.45) is 4.86. The number of anilines is 1. The monoisotopic (exact) mass is 433 g/mol. The molecular weight excluding hydrogens is 410 g/mol. The molecule has 1 aromatic carbocycles. The van der Waals surface area contributed by atoms with Crippen molar-refractivity contribution in [2.75, 3.05) is 31.6 Å². The highest BCUT2D eigenvalue weighted by atomic mass is 16.6. The van der Waals surface area contributed by atoms with Crippen LogP contribution in [0.3, 0.4) is 0 Å². The van der Waals surface area contributed by atoms with Gasteiger partial charge in [-0.1, -0.05) is 0 Å². The van der Waals surface area contributed by atoms with Crippen LogP contribution >= 0.6 is 0 Å². The molecule has 0 bridgehead atoms. The first kappa shape index (κ1) is 20.0. The molecule has 164 valence electrons. The molecule has 2 aliphatic rings. The molecule has 9 nitrogen and oxygen atoms in total. The summed E-state index contributed by atoms with van der Waals surface area (Å²) in [4.78, 5) is 31.6. The molecule has 3 aromatic rings. The molecule has 0 radical (unpaired) electrons. The summed E-state index contributed by atoms with van der Waals surface area (Å²) in [5, 5.41) is 10.0. The Balaban J connectivity index is 1.24. The van der Waals surface area contributed by atoms with Crippen molar-refractivity contribution in [3.8, 4) is 22.8 Å². The van der Waals surface area contributed by atoms with Crippen LogP contribution in [0.5, 0.6) is 11.5 Å². The molecule has 2 amide bonds. The van der Waals surface area contributed by atoms with Crippen LogP contribution in [0.4, 0.5) is 5.69 Å². The fourth-order valence-corrected chi connectivity index (χ4v) is 4.01. The Morgan fingerprint density at radius 1 is 1.06 bits per heavy atom. The van der Waals surface area contributed by atoms with E-state index in [1.807, 2.05) is 12.1 Å². The lowest BCUT2D eigenvalue weighted by atomic mass is 9.96. The van der Waals surface area contributed by atoms with Crippen LogP contribution in [0, 0.1) is 5.92 Å². The van der Waals surface area contributed by atoms with Gasteiger partial charge in [-0.2, -0.15) is 5.10 Å². The summed E-state index contributed by atoms with van der Waals surface area (Å²) in [7, 11) is 0. The van der Waals surface area contributed by atoms with Crippen molar-refractivity contribution in [3.63, 3.8) is 0 Å². The van der Waals surface area contributed by atoms with E-state index in [4.69, 9.17) is 9.47 Å². The first-order chi connectivity index (χ1) is 15.7. The second kappa shape index (κ2) is 8.70. The fraction of sp³-hybridized carbons (Fsp3) is 0.304. The Morgan fingerprint density at radius 3 is 2.72 bits per heavy atom. The van der Waals surface area contributed by atoms with E-state index in [2.05, 4.69) is 20.5 Å². The molecule has 1 fully saturated rings. The highest BCUT2D eigenvalue weighted by Crippen LogP contribution is 2.33. The fourth-order valence-electron chi connectivity index (χ4n) is 4.01. The van der Waals surface area contributed by atoms with Crippen molar-refractivity contribution >= 4 is 17.5 Å². The molecule has 4 heterocycles. The molecule has 9 heteroatoms. The standard InChI is InChI=1S/C23H23N5O4/c29-22(25-17-3-4-20-21(12-17)32-11-10-31-20)16-2-1-9-28(14-16)23(30)19-13-18(26-27-19)15-5-7-24-8-6-15/h3-8,12-13,16H,1-2,9-11,14H2,(H,25,29)(H,26,27). The van der Waals surface area contributed by atoms with Crippen LogP contribution in [-0.2, 0) is 4.79 Å². The van der Waals surface area contributed by atoms with E-state index < -0.39 is 0 Å². The molecule has 0 aliphatic carbocycles. The number of hydrogen-bond donors (Lipinski definition) is 2. The first-order valence-corrected chi connectivity index (χ1v) is 10.6. The van der Waals surface area contributed by atoms with Crippen LogP contribution in [0.2, 0.25) is 0 Å². The van der Waals surface area contributed by atoms with E-state index in [1.54, 1.807) is 41.6 Å². The van der Waals surface area contributed by atoms with Crippen molar-refractivity contribution in [1.82, 2.24) is 20.1 Å². The number of aromatic nitrogens is 3. The lowest BCUT2D eigenvalue weighted by Gasteiger charge is -2.31. The zero-order valence-electron chi connectivity index (χ0n) is 17.4. The van der Waals surface area contributed by atoms with Crippen molar-refractivity contribution in [2.24, 2.45) is 5.92 Å². The Hall–Kier alpha value is -3.88. The summed E-state index contributed by atoms with van der Waals surface area (Å²) in [6.45, 7) is 1.96. The summed E-state index contributed by atoms with van der Waals surface area (Å²) < 4.78 is 11.1. The maximum absolute atomic E-state index is 13.0. The van der Waals surface area contributed by atoms with Gasteiger partial charge in [-0.05, 0) is 43.2 Å². The molecule has 0 spiro atoms. The smallest absolute Gasteiger partial charge is 0.274 e. The van der Waals surface area contributed by atoms with Crippen molar-refractivity contribution in [2.45, 2.75) is 12.8 Å². The molecule has 1 unspecified atom stereocenters. The third kappa shape index (κ3) is 4.14. The number of pyridine rings is 1. The van der Waals surface area contributed by atoms with Crippen LogP contribution in [0.1, 0.15) is 23.3 Å². The lowest BCUT2D eigenvalue weighted by molar-refractivity contribution is -0.121. The zero-order valence-corrected chi connectivity index (χ0v) is 17.4. The maximum atomic E-state index is 13.0. The summed E-state index contributed by atoms with van der Waals surface area (Å²) in [6, 6.07) is 10.8. The number of ether oxygens (including phenoxy) is 2. The highest BCUT2D eigenvalue weighted by Gasteiger charge is 2.30. The second-order valence-corrected chi connectivity index (χ2v) is 7.84. The van der Waals surface area contributed by atoms with Gasteiger partial charge in [0.15, 0.2) is 17.2 Å². The van der Waals surface area contributed by atoms with Gasteiger partial charge in [-0.15, -0.1) is 0 Å². The minimum absolute atomic E-state index is 0.112. The van der Waals surface area contributed by atoms with Crippen LogP contribution in [0.25, 0.3) is 11.3 Å². The third-order valence-electron chi connectivity index (χ3n) is 5.68. The topological polar surface area (TPSA) is 109 Å². The Morgan fingerprint density at radius 2 is 1.88 bits per heavy atom. The minimum Gasteiger partial charge on any atom is -0.486 e. The minimum atomic E-state index is -0.292. The van der Waals surface area contributed by atoms with Gasteiger partial charge in [-0.25, -0.2) is 0 Å². The predicted molar refractivity (Wildman–Crippen MR) is 117 cm³/mol. The Labute approximate surface area is 184 Å². The van der Waals surface area contributed by atoms with Crippen molar-refractivity contribution in [1.29, 1.82) is 0 Å². The van der Waals surface area contributed by atoms with Crippen LogP contribution in [0.15, 0.2) is 48.8 Å². The predicted octanol–water partition coefficient (Wildman–Crippen LogP) is 2.73. The number of carbonyl (C=O) groups is 2. The van der Waals surface area contributed by atoms with Gasteiger partial charge in [0, 0.05) is 42.8 Å². The molecule has 0 saturated carbocycles. The molecule has 2 aliphatic heterocycles. The first-order valence-electron chi connectivity index (χ1n) is 10.6. The number of aromatic amines is 1. The van der Waals surface area contributed by atoms with Gasteiger partial charge in [0.2, 0.25) is 5.91 Å². The molecule has 1 atom stereocenters. The molecule has 2 N–H and O–H groups in total.